The van der Waals surface area contributed by atoms with Crippen LogP contribution in [0.2, 0.25) is 0 Å². The third-order valence-corrected chi connectivity index (χ3v) is 4.59. The number of amides is 1. The molecule has 0 aliphatic heterocycles. The van der Waals surface area contributed by atoms with Gasteiger partial charge in [-0.3, -0.25) is 4.79 Å². The Bertz CT molecular complexity index is 870. The molecule has 1 amide bonds. The van der Waals surface area contributed by atoms with E-state index in [1.807, 2.05) is 69.3 Å². The summed E-state index contributed by atoms with van der Waals surface area (Å²) in [7, 11) is 0. The van der Waals surface area contributed by atoms with E-state index in [1.165, 1.54) is 6.20 Å². The van der Waals surface area contributed by atoms with Crippen molar-refractivity contribution in [1.29, 1.82) is 5.26 Å². The van der Waals surface area contributed by atoms with Crippen LogP contribution in [0.5, 0.6) is 5.75 Å². The lowest BCUT2D eigenvalue weighted by Crippen LogP contribution is -2.28. The molecule has 0 saturated heterocycles. The quantitative estimate of drug-likeness (QED) is 0.346. The number of carbonyl (C=O) groups is 1. The minimum Gasteiger partial charge on any atom is -0.494 e. The number of carbonyl (C=O) groups excluding carboxylic acids is 1. The summed E-state index contributed by atoms with van der Waals surface area (Å²) in [5, 5.41) is 15.2. The van der Waals surface area contributed by atoms with Crippen LogP contribution in [0.1, 0.15) is 31.0 Å². The molecular weight excluding hydrogens is 453 g/mol. The molecule has 0 spiro atoms. The van der Waals surface area contributed by atoms with E-state index in [1.54, 1.807) is 0 Å². The topological polar surface area (TPSA) is 74.1 Å². The SMILES string of the molecule is CCOc1ccc(C)cc1C(C)NC(=O)/C(C#N)=C\Nc1ccc(I)cc1. The standard InChI is InChI=1S/C21H22IN3O2/c1-4-27-20-10-5-14(2)11-19(20)15(3)25-21(26)16(12-23)13-24-18-8-6-17(22)7-9-18/h5-11,13,15,24H,4H2,1-3H3,(H,25,26)/b16-13-. The van der Waals surface area contributed by atoms with Gasteiger partial charge >= 0.3 is 0 Å². The number of nitrogens with one attached hydrogen (secondary N) is 2. The predicted octanol–water partition coefficient (Wildman–Crippen LogP) is 4.70. The molecule has 6 heteroatoms. The molecule has 0 aliphatic rings. The fraction of sp³-hybridized carbons (Fsp3) is 0.238. The van der Waals surface area contributed by atoms with Gasteiger partial charge in [0, 0.05) is 21.0 Å². The van der Waals surface area contributed by atoms with Gasteiger partial charge < -0.3 is 15.4 Å². The van der Waals surface area contributed by atoms with Crippen LogP contribution in [0, 0.1) is 21.8 Å². The monoisotopic (exact) mass is 475 g/mol. The zero-order chi connectivity index (χ0) is 19.8. The third kappa shape index (κ3) is 6.00. The zero-order valence-electron chi connectivity index (χ0n) is 15.5. The first-order valence-corrected chi connectivity index (χ1v) is 9.69. The van der Waals surface area contributed by atoms with Gasteiger partial charge in [0.25, 0.3) is 5.91 Å². The Kier molecular flexibility index (Phi) is 7.67. The molecule has 2 aromatic carbocycles. The van der Waals surface area contributed by atoms with Gasteiger partial charge in [0.1, 0.15) is 17.4 Å². The minimum atomic E-state index is -0.438. The van der Waals surface area contributed by atoms with Crippen LogP contribution >= 0.6 is 22.6 Å². The van der Waals surface area contributed by atoms with Crippen molar-refractivity contribution in [1.82, 2.24) is 5.32 Å². The normalized spacial score (nSPS) is 12.0. The molecule has 0 aromatic heterocycles. The van der Waals surface area contributed by atoms with Crippen LogP contribution in [0.15, 0.2) is 54.2 Å². The van der Waals surface area contributed by atoms with Crippen molar-refractivity contribution in [2.24, 2.45) is 0 Å². The summed E-state index contributed by atoms with van der Waals surface area (Å²) in [4.78, 5) is 12.5. The van der Waals surface area contributed by atoms with Gasteiger partial charge in [0.15, 0.2) is 0 Å². The van der Waals surface area contributed by atoms with E-state index in [0.717, 1.165) is 26.1 Å². The highest BCUT2D eigenvalue weighted by atomic mass is 127. The summed E-state index contributed by atoms with van der Waals surface area (Å²) in [6.45, 7) is 6.32. The highest BCUT2D eigenvalue weighted by Gasteiger charge is 2.17. The molecule has 2 aromatic rings. The van der Waals surface area contributed by atoms with Crippen molar-refractivity contribution in [3.63, 3.8) is 0 Å². The van der Waals surface area contributed by atoms with Crippen molar-refractivity contribution in [2.45, 2.75) is 26.8 Å². The summed E-state index contributed by atoms with van der Waals surface area (Å²) in [6.07, 6.45) is 1.42. The number of benzene rings is 2. The van der Waals surface area contributed by atoms with E-state index >= 15 is 0 Å². The number of aryl methyl sites for hydroxylation is 1. The van der Waals surface area contributed by atoms with Gasteiger partial charge in [0.05, 0.1) is 12.6 Å². The van der Waals surface area contributed by atoms with Crippen LogP contribution in [0.4, 0.5) is 5.69 Å². The maximum atomic E-state index is 12.5. The van der Waals surface area contributed by atoms with E-state index in [0.29, 0.717) is 6.61 Å². The molecule has 0 radical (unpaired) electrons. The molecule has 0 fully saturated rings. The molecule has 0 bridgehead atoms. The molecule has 1 unspecified atom stereocenters. The smallest absolute Gasteiger partial charge is 0.263 e. The maximum absolute atomic E-state index is 12.5. The van der Waals surface area contributed by atoms with E-state index in [-0.39, 0.29) is 11.6 Å². The Labute approximate surface area is 173 Å². The molecule has 1 atom stereocenters. The lowest BCUT2D eigenvalue weighted by Gasteiger charge is -2.18. The predicted molar refractivity (Wildman–Crippen MR) is 115 cm³/mol. The highest BCUT2D eigenvalue weighted by Crippen LogP contribution is 2.26. The van der Waals surface area contributed by atoms with Crippen molar-refractivity contribution in [3.05, 3.63) is 68.9 Å². The lowest BCUT2D eigenvalue weighted by atomic mass is 10.0. The highest BCUT2D eigenvalue weighted by molar-refractivity contribution is 14.1. The Morgan fingerprint density at radius 1 is 1.30 bits per heavy atom. The van der Waals surface area contributed by atoms with Gasteiger partial charge in [-0.15, -0.1) is 0 Å². The Balaban J connectivity index is 2.12. The molecule has 2 N–H and O–H groups in total. The summed E-state index contributed by atoms with van der Waals surface area (Å²) in [6, 6.07) is 15.1. The third-order valence-electron chi connectivity index (χ3n) is 3.87. The van der Waals surface area contributed by atoms with Crippen molar-refractivity contribution < 1.29 is 9.53 Å². The van der Waals surface area contributed by atoms with E-state index < -0.39 is 5.91 Å². The Morgan fingerprint density at radius 2 is 2.00 bits per heavy atom. The number of hydrogen-bond acceptors (Lipinski definition) is 4. The summed E-state index contributed by atoms with van der Waals surface area (Å²) < 4.78 is 6.76. The summed E-state index contributed by atoms with van der Waals surface area (Å²) in [5.41, 5.74) is 2.77. The first-order chi connectivity index (χ1) is 12.9. The molecular formula is C21H22IN3O2. The molecule has 0 heterocycles. The Morgan fingerprint density at radius 3 is 2.63 bits per heavy atom. The van der Waals surface area contributed by atoms with Gasteiger partial charge in [0.2, 0.25) is 0 Å². The van der Waals surface area contributed by atoms with Crippen LogP contribution in [0.3, 0.4) is 0 Å². The van der Waals surface area contributed by atoms with Crippen LogP contribution in [0.25, 0.3) is 0 Å². The van der Waals surface area contributed by atoms with Crippen molar-refractivity contribution in [3.8, 4) is 11.8 Å². The second-order valence-corrected chi connectivity index (χ2v) is 7.24. The first-order valence-electron chi connectivity index (χ1n) is 8.61. The van der Waals surface area contributed by atoms with Crippen LogP contribution < -0.4 is 15.4 Å². The van der Waals surface area contributed by atoms with Gasteiger partial charge in [-0.1, -0.05) is 17.7 Å². The van der Waals surface area contributed by atoms with Gasteiger partial charge in [-0.2, -0.15) is 5.26 Å². The average Bonchev–Trinajstić information content (AvgIpc) is 2.65. The number of nitrogens with zero attached hydrogens (tertiary/aromatic N) is 1. The number of rotatable bonds is 7. The second-order valence-electron chi connectivity index (χ2n) is 5.99. The Hall–Kier alpha value is -2.53. The maximum Gasteiger partial charge on any atom is 0.263 e. The molecule has 2 rings (SSSR count). The van der Waals surface area contributed by atoms with Crippen LogP contribution in [-0.4, -0.2) is 12.5 Å². The number of nitriles is 1. The average molecular weight is 475 g/mol. The second kappa shape index (κ2) is 9.97. The molecule has 27 heavy (non-hydrogen) atoms. The van der Waals surface area contributed by atoms with Crippen molar-refractivity contribution >= 4 is 34.2 Å². The molecule has 5 nitrogen and oxygen atoms in total. The number of halogens is 1. The number of hydrogen-bond donors (Lipinski definition) is 2. The van der Waals surface area contributed by atoms with E-state index in [9.17, 15) is 10.1 Å². The summed E-state index contributed by atoms with van der Waals surface area (Å²) >= 11 is 2.22. The first kappa shape index (κ1) is 20.8. The molecule has 140 valence electrons. The molecule has 0 aliphatic carbocycles. The van der Waals surface area contributed by atoms with E-state index in [4.69, 9.17) is 4.74 Å². The van der Waals surface area contributed by atoms with Crippen LogP contribution in [-0.2, 0) is 4.79 Å². The minimum absolute atomic E-state index is 0.00557. The zero-order valence-corrected chi connectivity index (χ0v) is 17.7. The fourth-order valence-electron chi connectivity index (χ4n) is 2.50. The van der Waals surface area contributed by atoms with E-state index in [2.05, 4.69) is 33.2 Å². The summed E-state index contributed by atoms with van der Waals surface area (Å²) in [5.74, 6) is 0.294. The molecule has 0 saturated carbocycles. The largest absolute Gasteiger partial charge is 0.494 e. The van der Waals surface area contributed by atoms with Crippen molar-refractivity contribution in [2.75, 3.05) is 11.9 Å². The number of anilines is 1. The lowest BCUT2D eigenvalue weighted by molar-refractivity contribution is -0.117. The van der Waals surface area contributed by atoms with Gasteiger partial charge in [-0.05, 0) is 73.7 Å². The fourth-order valence-corrected chi connectivity index (χ4v) is 2.86. The van der Waals surface area contributed by atoms with Gasteiger partial charge in [-0.25, -0.2) is 0 Å². The number of ether oxygens (including phenoxy) is 1.